The molecular weight excluding hydrogens is 316 g/mol. The summed E-state index contributed by atoms with van der Waals surface area (Å²) in [5.41, 5.74) is 2.32. The Kier molecular flexibility index (Phi) is 4.14. The maximum absolute atomic E-state index is 12.7. The van der Waals surface area contributed by atoms with Crippen molar-refractivity contribution in [2.24, 2.45) is 0 Å². The van der Waals surface area contributed by atoms with Crippen LogP contribution in [0.2, 0.25) is 0 Å². The predicted octanol–water partition coefficient (Wildman–Crippen LogP) is 2.85. The first kappa shape index (κ1) is 15.7. The lowest BCUT2D eigenvalue weighted by molar-refractivity contribution is -0.121. The zero-order valence-corrected chi connectivity index (χ0v) is 14.0. The number of hydrogen-bond acceptors (Lipinski definition) is 3. The van der Waals surface area contributed by atoms with Crippen LogP contribution in [0.5, 0.6) is 5.75 Å². The molecular formula is C20H20N2O3. The Hall–Kier alpha value is -2.82. The van der Waals surface area contributed by atoms with E-state index in [0.717, 1.165) is 31.5 Å². The third-order valence-corrected chi connectivity index (χ3v) is 4.73. The van der Waals surface area contributed by atoms with E-state index in [9.17, 15) is 9.59 Å². The number of ether oxygens (including phenoxy) is 1. The van der Waals surface area contributed by atoms with E-state index in [4.69, 9.17) is 4.74 Å². The van der Waals surface area contributed by atoms with Crippen molar-refractivity contribution in [1.29, 1.82) is 0 Å². The molecule has 0 radical (unpaired) electrons. The molecule has 2 aromatic carbocycles. The van der Waals surface area contributed by atoms with Crippen LogP contribution in [-0.4, -0.2) is 36.4 Å². The van der Waals surface area contributed by atoms with Crippen LogP contribution in [0, 0.1) is 0 Å². The van der Waals surface area contributed by atoms with Gasteiger partial charge in [-0.25, -0.2) is 0 Å². The van der Waals surface area contributed by atoms with Crippen LogP contribution in [0.4, 0.5) is 5.69 Å². The van der Waals surface area contributed by atoms with Crippen molar-refractivity contribution in [3.8, 4) is 5.75 Å². The van der Waals surface area contributed by atoms with Crippen molar-refractivity contribution >= 4 is 17.5 Å². The molecule has 0 aromatic heterocycles. The summed E-state index contributed by atoms with van der Waals surface area (Å²) in [5, 5.41) is 0. The van der Waals surface area contributed by atoms with Gasteiger partial charge in [-0.1, -0.05) is 30.3 Å². The number of nitrogens with zero attached hydrogens (tertiary/aromatic N) is 2. The second-order valence-corrected chi connectivity index (χ2v) is 6.44. The number of carbonyl (C=O) groups is 2. The Balaban J connectivity index is 1.65. The van der Waals surface area contributed by atoms with Gasteiger partial charge in [0.25, 0.3) is 11.8 Å². The molecule has 2 heterocycles. The molecule has 4 rings (SSSR count). The van der Waals surface area contributed by atoms with Crippen molar-refractivity contribution < 1.29 is 14.3 Å². The van der Waals surface area contributed by atoms with E-state index in [-0.39, 0.29) is 18.4 Å². The molecule has 2 aliphatic rings. The van der Waals surface area contributed by atoms with E-state index < -0.39 is 0 Å². The predicted molar refractivity (Wildman–Crippen MR) is 94.7 cm³/mol. The van der Waals surface area contributed by atoms with Crippen molar-refractivity contribution in [2.75, 3.05) is 24.6 Å². The van der Waals surface area contributed by atoms with E-state index in [0.29, 0.717) is 23.5 Å². The molecule has 0 spiro atoms. The summed E-state index contributed by atoms with van der Waals surface area (Å²) in [4.78, 5) is 28.6. The third kappa shape index (κ3) is 3.09. The Labute approximate surface area is 146 Å². The SMILES string of the molecule is O=C(c1ccc2c(c1)N(Cc1ccccc1)C(=O)CO2)N1CCCC1. The Bertz CT molecular complexity index is 798. The summed E-state index contributed by atoms with van der Waals surface area (Å²) < 4.78 is 5.55. The Morgan fingerprint density at radius 3 is 2.56 bits per heavy atom. The third-order valence-electron chi connectivity index (χ3n) is 4.73. The first-order valence-electron chi connectivity index (χ1n) is 8.63. The van der Waals surface area contributed by atoms with E-state index in [1.54, 1.807) is 23.1 Å². The van der Waals surface area contributed by atoms with E-state index >= 15 is 0 Å². The highest BCUT2D eigenvalue weighted by molar-refractivity contribution is 6.01. The molecule has 2 amide bonds. The largest absolute Gasteiger partial charge is 0.482 e. The van der Waals surface area contributed by atoms with Gasteiger partial charge in [0.2, 0.25) is 0 Å². The minimum Gasteiger partial charge on any atom is -0.482 e. The van der Waals surface area contributed by atoms with E-state index in [2.05, 4.69) is 0 Å². The number of carbonyl (C=O) groups excluding carboxylic acids is 2. The molecule has 1 fully saturated rings. The lowest BCUT2D eigenvalue weighted by Crippen LogP contribution is -2.38. The van der Waals surface area contributed by atoms with Gasteiger partial charge in [0.1, 0.15) is 5.75 Å². The molecule has 2 aliphatic heterocycles. The average Bonchev–Trinajstić information content (AvgIpc) is 3.19. The number of fused-ring (bicyclic) bond motifs is 1. The summed E-state index contributed by atoms with van der Waals surface area (Å²) in [6, 6.07) is 15.2. The first-order chi connectivity index (χ1) is 12.2. The minimum absolute atomic E-state index is 0.0259. The van der Waals surface area contributed by atoms with Crippen molar-refractivity contribution in [3.63, 3.8) is 0 Å². The lowest BCUT2D eigenvalue weighted by atomic mass is 10.1. The van der Waals surface area contributed by atoms with Gasteiger partial charge in [-0.2, -0.15) is 0 Å². The van der Waals surface area contributed by atoms with Gasteiger partial charge >= 0.3 is 0 Å². The monoisotopic (exact) mass is 336 g/mol. The lowest BCUT2D eigenvalue weighted by Gasteiger charge is -2.30. The molecule has 0 bridgehead atoms. The second kappa shape index (κ2) is 6.59. The highest BCUT2D eigenvalue weighted by Crippen LogP contribution is 2.34. The molecule has 5 heteroatoms. The van der Waals surface area contributed by atoms with Crippen LogP contribution in [0.1, 0.15) is 28.8 Å². The zero-order chi connectivity index (χ0) is 17.2. The summed E-state index contributed by atoms with van der Waals surface area (Å²) in [7, 11) is 0. The molecule has 1 saturated heterocycles. The highest BCUT2D eigenvalue weighted by Gasteiger charge is 2.28. The van der Waals surface area contributed by atoms with Crippen LogP contribution >= 0.6 is 0 Å². The Morgan fingerprint density at radius 2 is 1.80 bits per heavy atom. The van der Waals surface area contributed by atoms with Crippen LogP contribution in [-0.2, 0) is 11.3 Å². The molecule has 128 valence electrons. The number of amides is 2. The molecule has 5 nitrogen and oxygen atoms in total. The van der Waals surface area contributed by atoms with Gasteiger partial charge in [-0.05, 0) is 36.6 Å². The smallest absolute Gasteiger partial charge is 0.265 e. The molecule has 0 unspecified atom stereocenters. The maximum Gasteiger partial charge on any atom is 0.265 e. The van der Waals surface area contributed by atoms with Gasteiger partial charge in [-0.15, -0.1) is 0 Å². The molecule has 25 heavy (non-hydrogen) atoms. The summed E-state index contributed by atoms with van der Waals surface area (Å²) in [5.74, 6) is 0.577. The normalized spacial score (nSPS) is 16.6. The standard InChI is InChI=1S/C20H20N2O3/c23-19-14-25-18-9-8-16(20(24)21-10-4-5-11-21)12-17(18)22(19)13-15-6-2-1-3-7-15/h1-3,6-9,12H,4-5,10-11,13-14H2. The molecule has 0 N–H and O–H groups in total. The van der Waals surface area contributed by atoms with Gasteiger partial charge < -0.3 is 14.5 Å². The Morgan fingerprint density at radius 1 is 1.04 bits per heavy atom. The van der Waals surface area contributed by atoms with Crippen molar-refractivity contribution in [3.05, 3.63) is 59.7 Å². The van der Waals surface area contributed by atoms with Crippen molar-refractivity contribution in [2.45, 2.75) is 19.4 Å². The first-order valence-corrected chi connectivity index (χ1v) is 8.63. The molecule has 0 saturated carbocycles. The van der Waals surface area contributed by atoms with Crippen LogP contribution in [0.15, 0.2) is 48.5 Å². The zero-order valence-electron chi connectivity index (χ0n) is 14.0. The van der Waals surface area contributed by atoms with Crippen LogP contribution in [0.3, 0.4) is 0 Å². The van der Waals surface area contributed by atoms with Crippen LogP contribution < -0.4 is 9.64 Å². The van der Waals surface area contributed by atoms with Gasteiger partial charge in [0, 0.05) is 18.7 Å². The van der Waals surface area contributed by atoms with E-state index in [1.165, 1.54) is 0 Å². The van der Waals surface area contributed by atoms with E-state index in [1.807, 2.05) is 35.2 Å². The fourth-order valence-corrected chi connectivity index (χ4v) is 3.38. The van der Waals surface area contributed by atoms with Crippen LogP contribution in [0.25, 0.3) is 0 Å². The number of benzene rings is 2. The highest BCUT2D eigenvalue weighted by atomic mass is 16.5. The summed E-state index contributed by atoms with van der Waals surface area (Å²) in [6.45, 7) is 2.11. The van der Waals surface area contributed by atoms with Gasteiger partial charge in [-0.3, -0.25) is 9.59 Å². The molecule has 2 aromatic rings. The molecule has 0 atom stereocenters. The fourth-order valence-electron chi connectivity index (χ4n) is 3.38. The number of likely N-dealkylation sites (tertiary alicyclic amines) is 1. The van der Waals surface area contributed by atoms with Gasteiger partial charge in [0.05, 0.1) is 12.2 Å². The number of anilines is 1. The maximum atomic E-state index is 12.7. The molecule has 0 aliphatic carbocycles. The summed E-state index contributed by atoms with van der Waals surface area (Å²) in [6.07, 6.45) is 2.11. The van der Waals surface area contributed by atoms with Gasteiger partial charge in [0.15, 0.2) is 6.61 Å². The minimum atomic E-state index is -0.0953. The summed E-state index contributed by atoms with van der Waals surface area (Å²) >= 11 is 0. The second-order valence-electron chi connectivity index (χ2n) is 6.44. The fraction of sp³-hybridized carbons (Fsp3) is 0.300. The van der Waals surface area contributed by atoms with Crippen molar-refractivity contribution in [1.82, 2.24) is 4.90 Å². The number of rotatable bonds is 3. The number of hydrogen-bond donors (Lipinski definition) is 0. The quantitative estimate of drug-likeness (QED) is 0.866. The topological polar surface area (TPSA) is 49.9 Å². The average molecular weight is 336 g/mol.